The lowest BCUT2D eigenvalue weighted by atomic mass is 10.2. The molecule has 0 fully saturated rings. The van der Waals surface area contributed by atoms with Crippen LogP contribution in [0.1, 0.15) is 11.1 Å². The second-order valence-corrected chi connectivity index (χ2v) is 4.67. The molecule has 0 bridgehead atoms. The fraction of sp³-hybridized carbons (Fsp3) is 0.294. The van der Waals surface area contributed by atoms with Crippen molar-refractivity contribution in [3.8, 4) is 5.75 Å². The predicted molar refractivity (Wildman–Crippen MR) is 82.3 cm³/mol. The standard InChI is InChI=1S/C17H21NO2/c1-14-6-5-8-16(12-14)18-13-15-7-3-4-9-17(15)20-11-10-19-2/h3-9,12,18H,10-11,13H2,1-2H3. The van der Waals surface area contributed by atoms with E-state index in [1.807, 2.05) is 18.2 Å². The molecule has 0 saturated heterocycles. The maximum Gasteiger partial charge on any atom is 0.124 e. The van der Waals surface area contributed by atoms with E-state index < -0.39 is 0 Å². The van der Waals surface area contributed by atoms with Crippen LogP contribution in [0.15, 0.2) is 48.5 Å². The van der Waals surface area contributed by atoms with Gasteiger partial charge in [0, 0.05) is 24.9 Å². The maximum absolute atomic E-state index is 5.72. The first-order chi connectivity index (χ1) is 9.79. The number of anilines is 1. The molecule has 0 aliphatic carbocycles. The van der Waals surface area contributed by atoms with Crippen LogP contribution in [0.3, 0.4) is 0 Å². The topological polar surface area (TPSA) is 30.5 Å². The van der Waals surface area contributed by atoms with Gasteiger partial charge >= 0.3 is 0 Å². The SMILES string of the molecule is COCCOc1ccccc1CNc1cccc(C)c1. The smallest absolute Gasteiger partial charge is 0.124 e. The van der Waals surface area contributed by atoms with Gasteiger partial charge in [0.05, 0.1) is 6.61 Å². The van der Waals surface area contributed by atoms with E-state index in [9.17, 15) is 0 Å². The third-order valence-electron chi connectivity index (χ3n) is 3.02. The summed E-state index contributed by atoms with van der Waals surface area (Å²) in [5.41, 5.74) is 3.52. The van der Waals surface area contributed by atoms with Crippen molar-refractivity contribution in [1.29, 1.82) is 0 Å². The van der Waals surface area contributed by atoms with E-state index in [0.717, 1.165) is 23.5 Å². The van der Waals surface area contributed by atoms with Crippen LogP contribution in [0.25, 0.3) is 0 Å². The van der Waals surface area contributed by atoms with Crippen LogP contribution in [0.4, 0.5) is 5.69 Å². The predicted octanol–water partition coefficient (Wildman–Crippen LogP) is 3.63. The van der Waals surface area contributed by atoms with Crippen LogP contribution in [-0.4, -0.2) is 20.3 Å². The van der Waals surface area contributed by atoms with Gasteiger partial charge in [0.1, 0.15) is 12.4 Å². The Kier molecular flexibility index (Phi) is 5.44. The van der Waals surface area contributed by atoms with Gasteiger partial charge in [0.15, 0.2) is 0 Å². The third-order valence-corrected chi connectivity index (χ3v) is 3.02. The minimum absolute atomic E-state index is 0.567. The van der Waals surface area contributed by atoms with Crippen molar-refractivity contribution in [2.45, 2.75) is 13.5 Å². The number of rotatable bonds is 7. The zero-order valence-electron chi connectivity index (χ0n) is 12.1. The molecule has 106 valence electrons. The monoisotopic (exact) mass is 271 g/mol. The zero-order chi connectivity index (χ0) is 14.2. The quantitative estimate of drug-likeness (QED) is 0.780. The molecule has 0 aromatic heterocycles. The summed E-state index contributed by atoms with van der Waals surface area (Å²) in [4.78, 5) is 0. The summed E-state index contributed by atoms with van der Waals surface area (Å²) in [6.45, 7) is 4.00. The number of hydrogen-bond acceptors (Lipinski definition) is 3. The molecular formula is C17H21NO2. The summed E-state index contributed by atoms with van der Waals surface area (Å²) in [5.74, 6) is 0.907. The molecule has 0 aliphatic heterocycles. The molecule has 20 heavy (non-hydrogen) atoms. The van der Waals surface area contributed by atoms with E-state index in [2.05, 4.69) is 42.6 Å². The Morgan fingerprint density at radius 2 is 1.85 bits per heavy atom. The number of benzene rings is 2. The summed E-state index contributed by atoms with van der Waals surface area (Å²) < 4.78 is 10.7. The van der Waals surface area contributed by atoms with Crippen LogP contribution < -0.4 is 10.1 Å². The first-order valence-electron chi connectivity index (χ1n) is 6.80. The lowest BCUT2D eigenvalue weighted by molar-refractivity contribution is 0.146. The fourth-order valence-electron chi connectivity index (χ4n) is 1.98. The Labute approximate surface area is 120 Å². The molecule has 0 amide bonds. The second kappa shape index (κ2) is 7.56. The molecule has 0 atom stereocenters. The first-order valence-corrected chi connectivity index (χ1v) is 6.80. The van der Waals surface area contributed by atoms with Crippen molar-refractivity contribution < 1.29 is 9.47 Å². The molecule has 0 spiro atoms. The van der Waals surface area contributed by atoms with Gasteiger partial charge in [-0.1, -0.05) is 30.3 Å². The number of aryl methyl sites for hydroxylation is 1. The van der Waals surface area contributed by atoms with Crippen LogP contribution in [0.2, 0.25) is 0 Å². The van der Waals surface area contributed by atoms with Crippen LogP contribution in [0, 0.1) is 6.92 Å². The lowest BCUT2D eigenvalue weighted by Crippen LogP contribution is -2.07. The van der Waals surface area contributed by atoms with Gasteiger partial charge in [-0.25, -0.2) is 0 Å². The van der Waals surface area contributed by atoms with Crippen LogP contribution in [0.5, 0.6) is 5.75 Å². The molecule has 0 radical (unpaired) electrons. The van der Waals surface area contributed by atoms with Gasteiger partial charge in [-0.05, 0) is 30.7 Å². The first kappa shape index (κ1) is 14.4. The van der Waals surface area contributed by atoms with Crippen molar-refractivity contribution >= 4 is 5.69 Å². The van der Waals surface area contributed by atoms with Crippen molar-refractivity contribution in [3.63, 3.8) is 0 Å². The minimum Gasteiger partial charge on any atom is -0.491 e. The average molecular weight is 271 g/mol. The molecule has 2 rings (SSSR count). The molecule has 3 heteroatoms. The summed E-state index contributed by atoms with van der Waals surface area (Å²) in [5, 5.41) is 3.42. The lowest BCUT2D eigenvalue weighted by Gasteiger charge is -2.12. The number of nitrogens with one attached hydrogen (secondary N) is 1. The Hall–Kier alpha value is -2.00. The maximum atomic E-state index is 5.72. The summed E-state index contributed by atoms with van der Waals surface area (Å²) in [7, 11) is 1.68. The fourth-order valence-corrected chi connectivity index (χ4v) is 1.98. The van der Waals surface area contributed by atoms with E-state index in [1.165, 1.54) is 5.56 Å². The highest BCUT2D eigenvalue weighted by atomic mass is 16.5. The van der Waals surface area contributed by atoms with Crippen molar-refractivity contribution in [2.24, 2.45) is 0 Å². The number of hydrogen-bond donors (Lipinski definition) is 1. The van der Waals surface area contributed by atoms with E-state index in [-0.39, 0.29) is 0 Å². The Morgan fingerprint density at radius 3 is 2.65 bits per heavy atom. The molecule has 1 N–H and O–H groups in total. The van der Waals surface area contributed by atoms with Gasteiger partial charge < -0.3 is 14.8 Å². The average Bonchev–Trinajstić information content (AvgIpc) is 2.47. The van der Waals surface area contributed by atoms with Gasteiger partial charge in [-0.3, -0.25) is 0 Å². The van der Waals surface area contributed by atoms with Crippen LogP contribution >= 0.6 is 0 Å². The summed E-state index contributed by atoms with van der Waals surface area (Å²) in [6, 6.07) is 16.4. The van der Waals surface area contributed by atoms with Gasteiger partial charge in [0.25, 0.3) is 0 Å². The van der Waals surface area contributed by atoms with Gasteiger partial charge in [-0.15, -0.1) is 0 Å². The van der Waals surface area contributed by atoms with Crippen LogP contribution in [-0.2, 0) is 11.3 Å². The Bertz CT molecular complexity index is 540. The third kappa shape index (κ3) is 4.28. The van der Waals surface area contributed by atoms with E-state index in [1.54, 1.807) is 7.11 Å². The minimum atomic E-state index is 0.567. The molecule has 0 aliphatic rings. The Balaban J connectivity index is 1.98. The molecule has 2 aromatic rings. The highest BCUT2D eigenvalue weighted by Gasteiger charge is 2.03. The molecular weight excluding hydrogens is 250 g/mol. The molecule has 0 heterocycles. The van der Waals surface area contributed by atoms with Crippen molar-refractivity contribution in [3.05, 3.63) is 59.7 Å². The molecule has 2 aromatic carbocycles. The molecule has 3 nitrogen and oxygen atoms in total. The van der Waals surface area contributed by atoms with E-state index in [4.69, 9.17) is 9.47 Å². The highest BCUT2D eigenvalue weighted by Crippen LogP contribution is 2.20. The van der Waals surface area contributed by atoms with E-state index in [0.29, 0.717) is 13.2 Å². The van der Waals surface area contributed by atoms with Crippen molar-refractivity contribution in [1.82, 2.24) is 0 Å². The largest absolute Gasteiger partial charge is 0.491 e. The molecule has 0 unspecified atom stereocenters. The normalized spacial score (nSPS) is 10.3. The molecule has 0 saturated carbocycles. The second-order valence-electron chi connectivity index (χ2n) is 4.67. The summed E-state index contributed by atoms with van der Waals surface area (Å²) in [6.07, 6.45) is 0. The number of ether oxygens (including phenoxy) is 2. The van der Waals surface area contributed by atoms with E-state index >= 15 is 0 Å². The van der Waals surface area contributed by atoms with Crippen molar-refractivity contribution in [2.75, 3.05) is 25.6 Å². The highest BCUT2D eigenvalue weighted by molar-refractivity contribution is 5.47. The Morgan fingerprint density at radius 1 is 1.00 bits per heavy atom. The zero-order valence-corrected chi connectivity index (χ0v) is 12.1. The van der Waals surface area contributed by atoms with Gasteiger partial charge in [-0.2, -0.15) is 0 Å². The summed E-state index contributed by atoms with van der Waals surface area (Å²) >= 11 is 0. The van der Waals surface area contributed by atoms with Gasteiger partial charge in [0.2, 0.25) is 0 Å². The number of para-hydroxylation sites is 1. The number of methoxy groups -OCH3 is 1.